The number of ether oxygens (including phenoxy) is 1. The van der Waals surface area contributed by atoms with Crippen molar-refractivity contribution in [2.75, 3.05) is 13.7 Å². The minimum Gasteiger partial charge on any atom is -0.481 e. The molecule has 1 aromatic rings. The lowest BCUT2D eigenvalue weighted by Crippen LogP contribution is -2.43. The SMILES string of the molecule is C#CCOc1ccc(Br)cc1C1C2=C(CC(C)(C)CC2=O)N(C)C2=C1C(=O)CC(C)(C)C2. The molecule has 1 aromatic carbocycles. The van der Waals surface area contributed by atoms with Crippen molar-refractivity contribution in [2.24, 2.45) is 10.8 Å². The molecule has 1 heterocycles. The van der Waals surface area contributed by atoms with E-state index in [0.29, 0.717) is 18.6 Å². The monoisotopic (exact) mass is 495 g/mol. The summed E-state index contributed by atoms with van der Waals surface area (Å²) in [4.78, 5) is 29.3. The Morgan fingerprint density at radius 1 is 1.03 bits per heavy atom. The zero-order valence-electron chi connectivity index (χ0n) is 19.5. The number of hydrogen-bond donors (Lipinski definition) is 0. The predicted molar refractivity (Wildman–Crippen MR) is 129 cm³/mol. The van der Waals surface area contributed by atoms with Gasteiger partial charge >= 0.3 is 0 Å². The number of ketones is 2. The van der Waals surface area contributed by atoms with Crippen molar-refractivity contribution in [2.45, 2.75) is 59.3 Å². The van der Waals surface area contributed by atoms with Crippen LogP contribution in [-0.2, 0) is 9.59 Å². The van der Waals surface area contributed by atoms with E-state index in [0.717, 1.165) is 45.4 Å². The predicted octanol–water partition coefficient (Wildman–Crippen LogP) is 5.78. The highest BCUT2D eigenvalue weighted by molar-refractivity contribution is 9.10. The van der Waals surface area contributed by atoms with Gasteiger partial charge in [-0.2, -0.15) is 0 Å². The molecule has 3 aliphatic rings. The van der Waals surface area contributed by atoms with Gasteiger partial charge in [-0.3, -0.25) is 9.59 Å². The van der Waals surface area contributed by atoms with Crippen molar-refractivity contribution in [3.63, 3.8) is 0 Å². The van der Waals surface area contributed by atoms with Gasteiger partial charge in [0.1, 0.15) is 12.4 Å². The normalized spacial score (nSPS) is 22.5. The molecule has 0 radical (unpaired) electrons. The van der Waals surface area contributed by atoms with Crippen LogP contribution in [0.15, 0.2) is 45.2 Å². The number of benzene rings is 1. The molecule has 0 unspecified atom stereocenters. The van der Waals surface area contributed by atoms with Crippen molar-refractivity contribution in [3.8, 4) is 18.1 Å². The molecular formula is C27H30BrNO3. The van der Waals surface area contributed by atoms with Crippen molar-refractivity contribution in [1.82, 2.24) is 4.90 Å². The molecule has 0 aromatic heterocycles. The Balaban J connectivity index is 2.00. The van der Waals surface area contributed by atoms with E-state index >= 15 is 0 Å². The van der Waals surface area contributed by atoms with E-state index in [9.17, 15) is 9.59 Å². The lowest BCUT2D eigenvalue weighted by atomic mass is 9.63. The van der Waals surface area contributed by atoms with E-state index in [1.165, 1.54) is 0 Å². The van der Waals surface area contributed by atoms with Crippen molar-refractivity contribution in [1.29, 1.82) is 0 Å². The van der Waals surface area contributed by atoms with E-state index in [1.54, 1.807) is 0 Å². The van der Waals surface area contributed by atoms with Gasteiger partial charge < -0.3 is 9.64 Å². The van der Waals surface area contributed by atoms with Gasteiger partial charge in [-0.1, -0.05) is 49.5 Å². The highest BCUT2D eigenvalue weighted by Crippen LogP contribution is 2.55. The fourth-order valence-corrected chi connectivity index (χ4v) is 5.85. The van der Waals surface area contributed by atoms with Crippen LogP contribution >= 0.6 is 15.9 Å². The van der Waals surface area contributed by atoms with Crippen LogP contribution in [0.25, 0.3) is 0 Å². The molecule has 4 nitrogen and oxygen atoms in total. The third-order valence-electron chi connectivity index (χ3n) is 6.77. The van der Waals surface area contributed by atoms with Gasteiger partial charge in [0.15, 0.2) is 11.6 Å². The van der Waals surface area contributed by atoms with Crippen LogP contribution in [0.1, 0.15) is 64.9 Å². The molecule has 2 aliphatic carbocycles. The summed E-state index contributed by atoms with van der Waals surface area (Å²) in [5.74, 6) is 2.93. The number of terminal acetylenes is 1. The van der Waals surface area contributed by atoms with Gasteiger partial charge in [0, 0.05) is 58.4 Å². The molecule has 0 saturated carbocycles. The Morgan fingerprint density at radius 3 is 2.06 bits per heavy atom. The van der Waals surface area contributed by atoms with E-state index < -0.39 is 5.92 Å². The maximum absolute atomic E-state index is 13.6. The second-order valence-electron chi connectivity index (χ2n) is 10.8. The molecule has 1 aliphatic heterocycles. The fourth-order valence-electron chi connectivity index (χ4n) is 5.47. The Kier molecular flexibility index (Phi) is 5.66. The third-order valence-corrected chi connectivity index (χ3v) is 7.27. The molecule has 0 fully saturated rings. The van der Waals surface area contributed by atoms with Gasteiger partial charge in [-0.05, 0) is 41.9 Å². The van der Waals surface area contributed by atoms with Crippen molar-refractivity contribution in [3.05, 3.63) is 50.8 Å². The van der Waals surface area contributed by atoms with Gasteiger partial charge in [-0.15, -0.1) is 6.42 Å². The molecule has 0 amide bonds. The summed E-state index contributed by atoms with van der Waals surface area (Å²) in [6, 6.07) is 5.73. The summed E-state index contributed by atoms with van der Waals surface area (Å²) in [5, 5.41) is 0. The number of allylic oxidation sites excluding steroid dienone is 4. The Labute approximate surface area is 199 Å². The van der Waals surface area contributed by atoms with E-state index in [-0.39, 0.29) is 29.0 Å². The van der Waals surface area contributed by atoms with E-state index in [2.05, 4.69) is 54.4 Å². The largest absolute Gasteiger partial charge is 0.481 e. The topological polar surface area (TPSA) is 46.6 Å². The minimum atomic E-state index is -0.436. The zero-order valence-corrected chi connectivity index (χ0v) is 21.1. The standard InChI is InChI=1S/C27H30BrNO3/c1-7-10-32-22-9-8-16(28)11-17(22)23-24-18(12-26(2,3)14-20(24)30)29(6)19-13-27(4,5)15-21(31)25(19)23/h1,8-9,11,23H,10,12-15H2,2-6H3. The van der Waals surface area contributed by atoms with Crippen LogP contribution < -0.4 is 4.74 Å². The van der Waals surface area contributed by atoms with E-state index in [4.69, 9.17) is 11.2 Å². The van der Waals surface area contributed by atoms with Crippen molar-refractivity contribution < 1.29 is 14.3 Å². The molecule has 0 spiro atoms. The molecular weight excluding hydrogens is 466 g/mol. The number of Topliss-reactive ketones (excluding diaryl/α,β-unsaturated/α-hetero) is 2. The van der Waals surface area contributed by atoms with Crippen LogP contribution in [0.3, 0.4) is 0 Å². The number of carbonyl (C=O) groups excluding carboxylic acids is 2. The quantitative estimate of drug-likeness (QED) is 0.498. The molecule has 0 atom stereocenters. The summed E-state index contributed by atoms with van der Waals surface area (Å²) in [5.41, 5.74) is 4.11. The summed E-state index contributed by atoms with van der Waals surface area (Å²) < 4.78 is 6.77. The average Bonchev–Trinajstić information content (AvgIpc) is 2.67. The van der Waals surface area contributed by atoms with Gasteiger partial charge in [0.05, 0.1) is 0 Å². The second-order valence-corrected chi connectivity index (χ2v) is 11.7. The first-order valence-electron chi connectivity index (χ1n) is 11.1. The maximum Gasteiger partial charge on any atom is 0.162 e. The van der Waals surface area contributed by atoms with Gasteiger partial charge in [0.2, 0.25) is 0 Å². The van der Waals surface area contributed by atoms with Crippen LogP contribution in [0.4, 0.5) is 0 Å². The number of hydrogen-bond acceptors (Lipinski definition) is 4. The first kappa shape index (κ1) is 22.9. The van der Waals surface area contributed by atoms with E-state index in [1.807, 2.05) is 25.2 Å². The Hall–Kier alpha value is -2.32. The Bertz CT molecular complexity index is 1060. The molecule has 168 valence electrons. The summed E-state index contributed by atoms with van der Waals surface area (Å²) in [6.07, 6.45) is 7.97. The minimum absolute atomic E-state index is 0.111. The number of halogens is 1. The van der Waals surface area contributed by atoms with Crippen molar-refractivity contribution >= 4 is 27.5 Å². The average molecular weight is 496 g/mol. The molecule has 0 saturated heterocycles. The first-order valence-corrected chi connectivity index (χ1v) is 11.9. The lowest BCUT2D eigenvalue weighted by molar-refractivity contribution is -0.119. The van der Waals surface area contributed by atoms with Gasteiger partial charge in [-0.25, -0.2) is 0 Å². The second kappa shape index (κ2) is 7.92. The number of nitrogens with zero attached hydrogens (tertiary/aromatic N) is 1. The summed E-state index contributed by atoms with van der Waals surface area (Å²) in [7, 11) is 2.01. The molecule has 0 bridgehead atoms. The highest BCUT2D eigenvalue weighted by Gasteiger charge is 2.48. The van der Waals surface area contributed by atoms with Crippen LogP contribution in [0.2, 0.25) is 0 Å². The summed E-state index contributed by atoms with van der Waals surface area (Å²) in [6.45, 7) is 8.67. The maximum atomic E-state index is 13.6. The zero-order chi connectivity index (χ0) is 23.4. The van der Waals surface area contributed by atoms with Crippen LogP contribution in [0, 0.1) is 23.2 Å². The van der Waals surface area contributed by atoms with Gasteiger partial charge in [0.25, 0.3) is 0 Å². The fraction of sp³-hybridized carbons (Fsp3) is 0.481. The highest BCUT2D eigenvalue weighted by atomic mass is 79.9. The lowest BCUT2D eigenvalue weighted by Gasteiger charge is -2.48. The third kappa shape index (κ3) is 3.94. The smallest absolute Gasteiger partial charge is 0.162 e. The van der Waals surface area contributed by atoms with Crippen LogP contribution in [0.5, 0.6) is 5.75 Å². The van der Waals surface area contributed by atoms with Crippen LogP contribution in [-0.4, -0.2) is 30.1 Å². The Morgan fingerprint density at radius 2 is 1.56 bits per heavy atom. The molecule has 4 rings (SSSR count). The molecule has 0 N–H and O–H groups in total. The number of rotatable bonds is 3. The summed E-state index contributed by atoms with van der Waals surface area (Å²) >= 11 is 3.58. The molecule has 5 heteroatoms. The first-order chi connectivity index (χ1) is 14.9. The molecule has 32 heavy (non-hydrogen) atoms. The number of carbonyl (C=O) groups is 2.